The van der Waals surface area contributed by atoms with Crippen LogP contribution in [0.25, 0.3) is 0 Å². The number of rotatable bonds is 8. The van der Waals surface area contributed by atoms with Gasteiger partial charge in [-0.25, -0.2) is 13.6 Å². The molecule has 0 spiro atoms. The predicted molar refractivity (Wildman–Crippen MR) is 163 cm³/mol. The van der Waals surface area contributed by atoms with Crippen LogP contribution in [0.1, 0.15) is 97.4 Å². The number of amides is 2. The van der Waals surface area contributed by atoms with Crippen molar-refractivity contribution in [2.24, 2.45) is 0 Å². The highest BCUT2D eigenvalue weighted by molar-refractivity contribution is 6.62. The molecule has 2 aromatic rings. The van der Waals surface area contributed by atoms with E-state index in [-0.39, 0.29) is 24.9 Å². The molecule has 4 rings (SSSR count). The van der Waals surface area contributed by atoms with E-state index < -0.39 is 47.7 Å². The smallest absolute Gasteiger partial charge is 0.444 e. The van der Waals surface area contributed by atoms with E-state index in [0.717, 1.165) is 41.9 Å². The lowest BCUT2D eigenvalue weighted by Gasteiger charge is -2.38. The maximum atomic E-state index is 13.9. The third kappa shape index (κ3) is 8.15. The molecule has 0 aromatic heterocycles. The Morgan fingerprint density at radius 3 is 2.28 bits per heavy atom. The minimum Gasteiger partial charge on any atom is -0.444 e. The largest absolute Gasteiger partial charge is 0.494 e. The lowest BCUT2D eigenvalue weighted by molar-refractivity contribution is -0.119. The van der Waals surface area contributed by atoms with Crippen molar-refractivity contribution >= 4 is 24.6 Å². The van der Waals surface area contributed by atoms with E-state index in [4.69, 9.17) is 14.0 Å². The normalized spacial score (nSPS) is 19.9. The van der Waals surface area contributed by atoms with E-state index in [0.29, 0.717) is 12.0 Å². The van der Waals surface area contributed by atoms with Gasteiger partial charge >= 0.3 is 13.2 Å². The van der Waals surface area contributed by atoms with Gasteiger partial charge in [-0.1, -0.05) is 18.2 Å². The molecule has 1 aliphatic carbocycles. The minimum atomic E-state index is -0.715. The van der Waals surface area contributed by atoms with Gasteiger partial charge in [-0.2, -0.15) is 0 Å². The maximum Gasteiger partial charge on any atom is 0.494 e. The van der Waals surface area contributed by atoms with E-state index in [1.54, 1.807) is 4.90 Å². The number of benzene rings is 2. The molecule has 7 nitrogen and oxygen atoms in total. The Labute approximate surface area is 254 Å². The monoisotopic (exact) mass is 598 g/mol. The molecule has 0 unspecified atom stereocenters. The van der Waals surface area contributed by atoms with Crippen molar-refractivity contribution < 1.29 is 32.4 Å². The van der Waals surface area contributed by atoms with Crippen LogP contribution in [0.3, 0.4) is 0 Å². The Kier molecular flexibility index (Phi) is 9.62. The summed E-state index contributed by atoms with van der Waals surface area (Å²) in [5.41, 5.74) is 1.80. The molecule has 10 heteroatoms. The van der Waals surface area contributed by atoms with Crippen LogP contribution in [-0.4, -0.2) is 53.4 Å². The number of aryl methyl sites for hydroxylation is 1. The van der Waals surface area contributed by atoms with Gasteiger partial charge in [0.25, 0.3) is 0 Å². The van der Waals surface area contributed by atoms with Crippen LogP contribution in [0.15, 0.2) is 36.4 Å². The lowest BCUT2D eigenvalue weighted by atomic mass is 9.75. The number of hydrogen-bond acceptors (Lipinski definition) is 5. The van der Waals surface area contributed by atoms with Gasteiger partial charge in [0.1, 0.15) is 17.2 Å². The minimum absolute atomic E-state index is 0.212. The number of hydrogen-bond donors (Lipinski definition) is 1. The van der Waals surface area contributed by atoms with Crippen LogP contribution >= 0.6 is 0 Å². The zero-order valence-electron chi connectivity index (χ0n) is 26.7. The van der Waals surface area contributed by atoms with Crippen molar-refractivity contribution in [3.63, 3.8) is 0 Å². The summed E-state index contributed by atoms with van der Waals surface area (Å²) in [4.78, 5) is 27.5. The summed E-state index contributed by atoms with van der Waals surface area (Å²) in [7, 11) is -0.538. The first-order valence-electron chi connectivity index (χ1n) is 15.1. The van der Waals surface area contributed by atoms with Crippen molar-refractivity contribution in [1.82, 2.24) is 10.2 Å². The Morgan fingerprint density at radius 1 is 1.07 bits per heavy atom. The SMILES string of the molecule is CC(=O)N[C@H](CCN(C(=O)OC(C)(C)C)[C@H]1CCCc2ccc(B3OC(C)(C)C(C)(C)O3)cc21)Cc1cc(F)cc(F)c1. The van der Waals surface area contributed by atoms with Crippen molar-refractivity contribution in [2.45, 2.75) is 116 Å². The average Bonchev–Trinajstić information content (AvgIpc) is 3.08. The number of nitrogens with zero attached hydrogens (tertiary/aromatic N) is 1. The third-order valence-electron chi connectivity index (χ3n) is 8.51. The quantitative estimate of drug-likeness (QED) is 0.377. The zero-order valence-corrected chi connectivity index (χ0v) is 26.7. The summed E-state index contributed by atoms with van der Waals surface area (Å²) in [5, 5.41) is 2.90. The summed E-state index contributed by atoms with van der Waals surface area (Å²) in [6, 6.07) is 8.82. The van der Waals surface area contributed by atoms with Gasteiger partial charge in [0.2, 0.25) is 5.91 Å². The molecular formula is C33H45BF2N2O5. The summed E-state index contributed by atoms with van der Waals surface area (Å²) in [6.45, 7) is 15.2. The predicted octanol–water partition coefficient (Wildman–Crippen LogP) is 6.02. The second-order valence-corrected chi connectivity index (χ2v) is 13.8. The molecule has 1 aliphatic heterocycles. The van der Waals surface area contributed by atoms with Crippen molar-refractivity contribution in [3.05, 3.63) is 64.7 Å². The molecule has 234 valence electrons. The number of nitrogens with one attached hydrogen (secondary N) is 1. The highest BCUT2D eigenvalue weighted by Gasteiger charge is 2.52. The Morgan fingerprint density at radius 2 is 1.70 bits per heavy atom. The second kappa shape index (κ2) is 12.6. The fourth-order valence-corrected chi connectivity index (χ4v) is 5.76. The van der Waals surface area contributed by atoms with Crippen LogP contribution in [0.4, 0.5) is 13.6 Å². The van der Waals surface area contributed by atoms with Crippen molar-refractivity contribution in [1.29, 1.82) is 0 Å². The molecule has 1 N–H and O–H groups in total. The molecule has 0 bridgehead atoms. The molecular weight excluding hydrogens is 553 g/mol. The molecule has 0 radical (unpaired) electrons. The molecule has 2 aliphatic rings. The highest BCUT2D eigenvalue weighted by Crippen LogP contribution is 2.38. The van der Waals surface area contributed by atoms with Crippen LogP contribution in [0, 0.1) is 11.6 Å². The highest BCUT2D eigenvalue weighted by atomic mass is 19.1. The first-order chi connectivity index (χ1) is 19.9. The van der Waals surface area contributed by atoms with E-state index >= 15 is 0 Å². The summed E-state index contributed by atoms with van der Waals surface area (Å²) >= 11 is 0. The maximum absolute atomic E-state index is 13.9. The molecule has 43 heavy (non-hydrogen) atoms. The number of ether oxygens (including phenoxy) is 1. The molecule has 2 amide bonds. The van der Waals surface area contributed by atoms with Crippen LogP contribution < -0.4 is 10.8 Å². The van der Waals surface area contributed by atoms with Crippen LogP contribution in [0.5, 0.6) is 0 Å². The van der Waals surface area contributed by atoms with Gasteiger partial charge in [0, 0.05) is 25.6 Å². The summed E-state index contributed by atoms with van der Waals surface area (Å²) in [6.07, 6.45) is 2.63. The average molecular weight is 599 g/mol. The molecule has 1 saturated heterocycles. The van der Waals surface area contributed by atoms with Gasteiger partial charge in [0.15, 0.2) is 0 Å². The molecule has 0 saturated carbocycles. The van der Waals surface area contributed by atoms with Gasteiger partial charge < -0.3 is 24.3 Å². The van der Waals surface area contributed by atoms with E-state index in [9.17, 15) is 18.4 Å². The van der Waals surface area contributed by atoms with Crippen LogP contribution in [-0.2, 0) is 31.7 Å². The Balaban J connectivity index is 1.63. The standard InChI is InChI=1S/C33H45BF2N2O5/c1-21(39)37-27(18-22-16-25(35)20-26(36)17-22)14-15-38(30(40)41-31(2,3)4)29-11-9-10-23-12-13-24(19-28(23)29)34-42-32(5,6)33(7,8)43-34/h12-13,16-17,19-20,27,29H,9-11,14-15,18H2,1-8H3,(H,37,39)/t27-,29+/m1/s1. The Hall–Kier alpha value is -2.98. The fraction of sp³-hybridized carbons (Fsp3) is 0.576. The van der Waals surface area contributed by atoms with Gasteiger partial charge in [0.05, 0.1) is 17.2 Å². The van der Waals surface area contributed by atoms with Gasteiger partial charge in [-0.05, 0) is 115 Å². The molecule has 2 atom stereocenters. The second-order valence-electron chi connectivity index (χ2n) is 13.8. The first-order valence-corrected chi connectivity index (χ1v) is 15.1. The van der Waals surface area contributed by atoms with Crippen molar-refractivity contribution in [2.75, 3.05) is 6.54 Å². The number of carbonyl (C=O) groups excluding carboxylic acids is 2. The molecule has 1 heterocycles. The third-order valence-corrected chi connectivity index (χ3v) is 8.51. The molecule has 1 fully saturated rings. The van der Waals surface area contributed by atoms with Crippen molar-refractivity contribution in [3.8, 4) is 0 Å². The van der Waals surface area contributed by atoms with Crippen LogP contribution in [0.2, 0.25) is 0 Å². The molecule has 2 aromatic carbocycles. The van der Waals surface area contributed by atoms with E-state index in [1.807, 2.05) is 54.5 Å². The Bertz CT molecular complexity index is 1310. The summed E-state index contributed by atoms with van der Waals surface area (Å²) < 4.78 is 46.3. The van der Waals surface area contributed by atoms with E-state index in [1.165, 1.54) is 19.1 Å². The zero-order chi connectivity index (χ0) is 31.7. The topological polar surface area (TPSA) is 77.1 Å². The summed E-state index contributed by atoms with van der Waals surface area (Å²) in [5.74, 6) is -1.62. The number of fused-ring (bicyclic) bond motifs is 1. The van der Waals surface area contributed by atoms with E-state index in [2.05, 4.69) is 17.4 Å². The first kappa shape index (κ1) is 32.9. The number of halogens is 2. The van der Waals surface area contributed by atoms with Gasteiger partial charge in [-0.3, -0.25) is 4.79 Å². The lowest BCUT2D eigenvalue weighted by Crippen LogP contribution is -2.44. The fourth-order valence-electron chi connectivity index (χ4n) is 5.76. The number of carbonyl (C=O) groups is 2. The van der Waals surface area contributed by atoms with Gasteiger partial charge in [-0.15, -0.1) is 0 Å².